The maximum absolute atomic E-state index is 5.59. The Hall–Kier alpha value is -1.32. The van der Waals surface area contributed by atoms with E-state index in [2.05, 4.69) is 28.7 Å². The molecule has 0 bridgehead atoms. The van der Waals surface area contributed by atoms with Crippen LogP contribution >= 0.6 is 0 Å². The van der Waals surface area contributed by atoms with Crippen molar-refractivity contribution in [3.8, 4) is 0 Å². The maximum Gasteiger partial charge on any atom is 0.225 e. The number of hydrogen-bond acceptors (Lipinski definition) is 4. The largest absolute Gasteiger partial charge is 0.396 e. The molecule has 0 saturated carbocycles. The second kappa shape index (κ2) is 4.28. The highest BCUT2D eigenvalue weighted by Gasteiger charge is 2.35. The van der Waals surface area contributed by atoms with Gasteiger partial charge in [-0.2, -0.15) is 0 Å². The summed E-state index contributed by atoms with van der Waals surface area (Å²) in [6, 6.07) is 0. The predicted octanol–water partition coefficient (Wildman–Crippen LogP) is 2.08. The Kier molecular flexibility index (Phi) is 2.99. The van der Waals surface area contributed by atoms with E-state index in [0.29, 0.717) is 11.1 Å². The number of nitrogens with zero attached hydrogens (tertiary/aromatic N) is 3. The molecule has 1 fully saturated rings. The van der Waals surface area contributed by atoms with Gasteiger partial charge < -0.3 is 10.6 Å². The van der Waals surface area contributed by atoms with Gasteiger partial charge in [-0.05, 0) is 24.7 Å². The molecule has 88 valence electrons. The lowest BCUT2D eigenvalue weighted by atomic mass is 9.82. The fraction of sp³-hybridized carbons (Fsp3) is 0.667. The molecule has 1 aromatic rings. The molecule has 2 heterocycles. The summed E-state index contributed by atoms with van der Waals surface area (Å²) in [6.07, 6.45) is 7.07. The van der Waals surface area contributed by atoms with Gasteiger partial charge in [0.2, 0.25) is 5.95 Å². The van der Waals surface area contributed by atoms with Gasteiger partial charge in [-0.3, -0.25) is 0 Å². The van der Waals surface area contributed by atoms with Gasteiger partial charge in [0.1, 0.15) is 0 Å². The van der Waals surface area contributed by atoms with E-state index in [4.69, 9.17) is 5.73 Å². The van der Waals surface area contributed by atoms with Crippen molar-refractivity contribution in [2.45, 2.75) is 33.1 Å². The molecule has 2 rings (SSSR count). The molecule has 1 aliphatic rings. The van der Waals surface area contributed by atoms with Crippen LogP contribution in [0, 0.1) is 5.41 Å². The smallest absolute Gasteiger partial charge is 0.225 e. The lowest BCUT2D eigenvalue weighted by Gasteiger charge is -2.26. The summed E-state index contributed by atoms with van der Waals surface area (Å²) in [4.78, 5) is 10.8. The van der Waals surface area contributed by atoms with Crippen LogP contribution in [-0.4, -0.2) is 23.1 Å². The quantitative estimate of drug-likeness (QED) is 0.847. The Morgan fingerprint density at radius 3 is 2.44 bits per heavy atom. The van der Waals surface area contributed by atoms with Crippen LogP contribution in [0.4, 0.5) is 11.6 Å². The van der Waals surface area contributed by atoms with Crippen molar-refractivity contribution in [3.63, 3.8) is 0 Å². The molecule has 0 amide bonds. The van der Waals surface area contributed by atoms with Crippen LogP contribution in [0.5, 0.6) is 0 Å². The second-order valence-corrected chi connectivity index (χ2v) is 4.70. The highest BCUT2D eigenvalue weighted by molar-refractivity contribution is 5.39. The first-order valence-corrected chi connectivity index (χ1v) is 6.01. The normalized spacial score (nSPS) is 19.0. The summed E-state index contributed by atoms with van der Waals surface area (Å²) in [7, 11) is 0. The fourth-order valence-corrected chi connectivity index (χ4v) is 2.43. The first-order valence-electron chi connectivity index (χ1n) is 6.01. The Morgan fingerprint density at radius 1 is 1.31 bits per heavy atom. The third kappa shape index (κ3) is 1.96. The fourth-order valence-electron chi connectivity index (χ4n) is 2.43. The minimum Gasteiger partial charge on any atom is -0.396 e. The van der Waals surface area contributed by atoms with E-state index in [1.54, 1.807) is 12.4 Å². The zero-order chi connectivity index (χ0) is 11.6. The predicted molar refractivity (Wildman–Crippen MR) is 66.3 cm³/mol. The molecule has 1 saturated heterocycles. The average Bonchev–Trinajstić information content (AvgIpc) is 2.75. The van der Waals surface area contributed by atoms with E-state index in [0.717, 1.165) is 19.0 Å². The van der Waals surface area contributed by atoms with Crippen molar-refractivity contribution < 1.29 is 0 Å². The molecule has 0 aromatic carbocycles. The van der Waals surface area contributed by atoms with Crippen LogP contribution in [-0.2, 0) is 0 Å². The lowest BCUT2D eigenvalue weighted by molar-refractivity contribution is 0.301. The van der Waals surface area contributed by atoms with Gasteiger partial charge in [0, 0.05) is 13.1 Å². The van der Waals surface area contributed by atoms with Gasteiger partial charge in [0.05, 0.1) is 18.1 Å². The molecular formula is C12H20N4. The topological polar surface area (TPSA) is 55.0 Å². The average molecular weight is 220 g/mol. The van der Waals surface area contributed by atoms with E-state index < -0.39 is 0 Å². The van der Waals surface area contributed by atoms with Crippen molar-refractivity contribution in [2.75, 3.05) is 23.7 Å². The number of aromatic nitrogens is 2. The Labute approximate surface area is 96.9 Å². The number of nitrogens with two attached hydrogens (primary N) is 1. The van der Waals surface area contributed by atoms with Gasteiger partial charge in [-0.25, -0.2) is 9.97 Å². The van der Waals surface area contributed by atoms with E-state index in [1.807, 2.05) is 0 Å². The Bertz CT molecular complexity index is 343. The molecule has 0 unspecified atom stereocenters. The van der Waals surface area contributed by atoms with Gasteiger partial charge in [0.15, 0.2) is 0 Å². The molecule has 4 heteroatoms. The van der Waals surface area contributed by atoms with Crippen LogP contribution < -0.4 is 10.6 Å². The van der Waals surface area contributed by atoms with E-state index in [-0.39, 0.29) is 0 Å². The second-order valence-electron chi connectivity index (χ2n) is 4.70. The number of nitrogen functional groups attached to an aromatic ring is 1. The van der Waals surface area contributed by atoms with Gasteiger partial charge in [-0.1, -0.05) is 13.8 Å². The van der Waals surface area contributed by atoms with Crippen molar-refractivity contribution in [1.29, 1.82) is 0 Å². The molecule has 4 nitrogen and oxygen atoms in total. The number of anilines is 2. The van der Waals surface area contributed by atoms with Crippen LogP contribution in [0.15, 0.2) is 12.4 Å². The monoisotopic (exact) mass is 220 g/mol. The van der Waals surface area contributed by atoms with Crippen molar-refractivity contribution in [1.82, 2.24) is 9.97 Å². The summed E-state index contributed by atoms with van der Waals surface area (Å²) in [5.41, 5.74) is 6.68. The third-order valence-corrected chi connectivity index (χ3v) is 3.88. The molecule has 0 atom stereocenters. The standard InChI is InChI=1S/C12H20N4/c1-3-12(4-2)5-6-16(9-12)11-14-7-10(13)8-15-11/h7-8H,3-6,9,13H2,1-2H3. The summed E-state index contributed by atoms with van der Waals surface area (Å²) < 4.78 is 0. The van der Waals surface area contributed by atoms with Gasteiger partial charge in [-0.15, -0.1) is 0 Å². The summed E-state index contributed by atoms with van der Waals surface area (Å²) >= 11 is 0. The SMILES string of the molecule is CCC1(CC)CCN(c2ncc(N)cn2)C1. The molecular weight excluding hydrogens is 200 g/mol. The van der Waals surface area contributed by atoms with Crippen molar-refractivity contribution in [2.24, 2.45) is 5.41 Å². The van der Waals surface area contributed by atoms with Crippen LogP contribution in [0.1, 0.15) is 33.1 Å². The van der Waals surface area contributed by atoms with Gasteiger partial charge >= 0.3 is 0 Å². The molecule has 1 aliphatic heterocycles. The number of rotatable bonds is 3. The highest BCUT2D eigenvalue weighted by Crippen LogP contribution is 2.37. The zero-order valence-corrected chi connectivity index (χ0v) is 10.1. The molecule has 0 radical (unpaired) electrons. The lowest BCUT2D eigenvalue weighted by Crippen LogP contribution is -2.27. The zero-order valence-electron chi connectivity index (χ0n) is 10.1. The first kappa shape index (κ1) is 11.2. The molecule has 16 heavy (non-hydrogen) atoms. The minimum absolute atomic E-state index is 0.463. The summed E-state index contributed by atoms with van der Waals surface area (Å²) in [5.74, 6) is 0.818. The van der Waals surface area contributed by atoms with Crippen LogP contribution in [0.3, 0.4) is 0 Å². The van der Waals surface area contributed by atoms with E-state index in [1.165, 1.54) is 19.3 Å². The van der Waals surface area contributed by atoms with E-state index >= 15 is 0 Å². The van der Waals surface area contributed by atoms with Crippen LogP contribution in [0.2, 0.25) is 0 Å². The molecule has 2 N–H and O–H groups in total. The minimum atomic E-state index is 0.463. The number of hydrogen-bond donors (Lipinski definition) is 1. The summed E-state index contributed by atoms with van der Waals surface area (Å²) in [6.45, 7) is 6.68. The molecule has 0 spiro atoms. The van der Waals surface area contributed by atoms with Crippen LogP contribution in [0.25, 0.3) is 0 Å². The maximum atomic E-state index is 5.59. The summed E-state index contributed by atoms with van der Waals surface area (Å²) in [5, 5.41) is 0. The third-order valence-electron chi connectivity index (χ3n) is 3.88. The molecule has 1 aromatic heterocycles. The van der Waals surface area contributed by atoms with Crippen molar-refractivity contribution in [3.05, 3.63) is 12.4 Å². The van der Waals surface area contributed by atoms with E-state index in [9.17, 15) is 0 Å². The first-order chi connectivity index (χ1) is 7.69. The Morgan fingerprint density at radius 2 is 1.94 bits per heavy atom. The molecule has 0 aliphatic carbocycles. The highest BCUT2D eigenvalue weighted by atomic mass is 15.3. The van der Waals surface area contributed by atoms with Crippen molar-refractivity contribution >= 4 is 11.6 Å². The van der Waals surface area contributed by atoms with Gasteiger partial charge in [0.25, 0.3) is 0 Å². The Balaban J connectivity index is 2.11.